The number of nitrogens with two attached hydrogens (primary N) is 2. The van der Waals surface area contributed by atoms with Crippen molar-refractivity contribution in [3.63, 3.8) is 0 Å². The van der Waals surface area contributed by atoms with Crippen molar-refractivity contribution < 1.29 is 23.9 Å². The summed E-state index contributed by atoms with van der Waals surface area (Å²) < 4.78 is 4.87. The van der Waals surface area contributed by atoms with Gasteiger partial charge in [0.1, 0.15) is 5.82 Å². The minimum absolute atomic E-state index is 0.0277. The van der Waals surface area contributed by atoms with Crippen molar-refractivity contribution >= 4 is 41.3 Å². The standard InChI is InChI=1S/C21H25N5O5S/c1-2-31-15(28)11-32-21-17(19(23)30)16(18(22)29)20(25-21)24-14(27)10-26-8-7-12-5-3-4-6-13(12)9-26/h3-6,25H,2,7-11H2,1H3,(H2,22,29)(H2,23,30)(H,24,27). The molecule has 2 heterocycles. The number of hydrogen-bond acceptors (Lipinski definition) is 7. The Morgan fingerprint density at radius 3 is 2.47 bits per heavy atom. The third-order valence-electron chi connectivity index (χ3n) is 4.94. The van der Waals surface area contributed by atoms with Crippen molar-refractivity contribution in [1.82, 2.24) is 9.88 Å². The molecule has 1 aromatic heterocycles. The quantitative estimate of drug-likeness (QED) is 0.319. The number of nitrogens with zero attached hydrogens (tertiary/aromatic N) is 1. The molecule has 3 rings (SSSR count). The molecule has 0 fully saturated rings. The van der Waals surface area contributed by atoms with Gasteiger partial charge < -0.3 is 26.5 Å². The van der Waals surface area contributed by atoms with E-state index < -0.39 is 17.8 Å². The highest BCUT2D eigenvalue weighted by Crippen LogP contribution is 2.30. The summed E-state index contributed by atoms with van der Waals surface area (Å²) in [4.78, 5) is 53.2. The number of ether oxygens (including phenoxy) is 1. The van der Waals surface area contributed by atoms with Crippen molar-refractivity contribution in [3.05, 3.63) is 46.5 Å². The molecule has 1 aliphatic rings. The number of hydrogen-bond donors (Lipinski definition) is 4. The lowest BCUT2D eigenvalue weighted by Crippen LogP contribution is -2.37. The van der Waals surface area contributed by atoms with Gasteiger partial charge in [0.25, 0.3) is 11.8 Å². The number of esters is 1. The van der Waals surface area contributed by atoms with E-state index in [0.29, 0.717) is 13.1 Å². The molecular formula is C21H25N5O5S. The van der Waals surface area contributed by atoms with Crippen molar-refractivity contribution in [1.29, 1.82) is 0 Å². The summed E-state index contributed by atoms with van der Waals surface area (Å²) in [5.74, 6) is -2.87. The largest absolute Gasteiger partial charge is 0.465 e. The van der Waals surface area contributed by atoms with Gasteiger partial charge in [0, 0.05) is 13.1 Å². The number of anilines is 1. The second-order valence-corrected chi connectivity index (χ2v) is 8.16. The lowest BCUT2D eigenvalue weighted by molar-refractivity contribution is -0.139. The number of H-pyrrole nitrogens is 1. The second kappa shape index (κ2) is 10.3. The number of aromatic amines is 1. The molecule has 1 aromatic carbocycles. The molecule has 10 nitrogen and oxygen atoms in total. The summed E-state index contributed by atoms with van der Waals surface area (Å²) in [5.41, 5.74) is 12.9. The van der Waals surface area contributed by atoms with E-state index in [1.165, 1.54) is 5.56 Å². The van der Waals surface area contributed by atoms with E-state index in [1.54, 1.807) is 6.92 Å². The van der Waals surface area contributed by atoms with Crippen molar-refractivity contribution in [2.45, 2.75) is 24.9 Å². The van der Waals surface area contributed by atoms with Crippen LogP contribution in [0.3, 0.4) is 0 Å². The number of fused-ring (bicyclic) bond motifs is 1. The summed E-state index contributed by atoms with van der Waals surface area (Å²) >= 11 is 0.930. The number of thioether (sulfide) groups is 1. The number of benzene rings is 1. The highest BCUT2D eigenvalue weighted by Gasteiger charge is 2.27. The monoisotopic (exact) mass is 459 g/mol. The summed E-state index contributed by atoms with van der Waals surface area (Å²) in [6, 6.07) is 8.06. The van der Waals surface area contributed by atoms with Gasteiger partial charge >= 0.3 is 5.97 Å². The maximum absolute atomic E-state index is 12.7. The highest BCUT2D eigenvalue weighted by atomic mass is 32.2. The number of rotatable bonds is 9. The summed E-state index contributed by atoms with van der Waals surface area (Å²) in [6.07, 6.45) is 0.832. The molecule has 0 radical (unpaired) electrons. The minimum Gasteiger partial charge on any atom is -0.465 e. The molecule has 0 bridgehead atoms. The van der Waals surface area contributed by atoms with Gasteiger partial charge in [0.05, 0.1) is 35.1 Å². The van der Waals surface area contributed by atoms with E-state index in [9.17, 15) is 19.2 Å². The average molecular weight is 460 g/mol. The third-order valence-corrected chi connectivity index (χ3v) is 5.91. The lowest BCUT2D eigenvalue weighted by Gasteiger charge is -2.28. The first-order chi connectivity index (χ1) is 15.3. The minimum atomic E-state index is -0.930. The smallest absolute Gasteiger partial charge is 0.316 e. The Morgan fingerprint density at radius 1 is 1.12 bits per heavy atom. The van der Waals surface area contributed by atoms with Crippen molar-refractivity contribution in [2.24, 2.45) is 11.5 Å². The van der Waals surface area contributed by atoms with E-state index in [1.807, 2.05) is 23.1 Å². The first-order valence-electron chi connectivity index (χ1n) is 10.0. The van der Waals surface area contributed by atoms with Crippen molar-refractivity contribution in [2.75, 3.05) is 30.8 Å². The molecule has 1 aliphatic heterocycles. The third kappa shape index (κ3) is 5.48. The zero-order chi connectivity index (χ0) is 23.3. The molecule has 2 aromatic rings. The number of nitrogens with one attached hydrogen (secondary N) is 2. The molecular weight excluding hydrogens is 434 g/mol. The van der Waals surface area contributed by atoms with E-state index in [0.717, 1.165) is 23.7 Å². The molecule has 0 saturated carbocycles. The van der Waals surface area contributed by atoms with Crippen LogP contribution in [0.4, 0.5) is 5.82 Å². The summed E-state index contributed by atoms with van der Waals surface area (Å²) in [6.45, 7) is 3.31. The van der Waals surface area contributed by atoms with E-state index >= 15 is 0 Å². The molecule has 11 heteroatoms. The summed E-state index contributed by atoms with van der Waals surface area (Å²) in [5, 5.41) is 2.77. The van der Waals surface area contributed by atoms with Crippen LogP contribution in [-0.2, 0) is 27.3 Å². The molecule has 0 aliphatic carbocycles. The van der Waals surface area contributed by atoms with Gasteiger partial charge in [-0.15, -0.1) is 0 Å². The predicted octanol–water partition coefficient (Wildman–Crippen LogP) is 0.865. The number of amides is 3. The first kappa shape index (κ1) is 23.4. The van der Waals surface area contributed by atoms with Gasteiger partial charge in [0.2, 0.25) is 5.91 Å². The van der Waals surface area contributed by atoms with Gasteiger partial charge in [-0.25, -0.2) is 0 Å². The van der Waals surface area contributed by atoms with Crippen LogP contribution in [0.5, 0.6) is 0 Å². The SMILES string of the molecule is CCOC(=O)CSc1[nH]c(NC(=O)CN2CCc3ccccc3C2)c(C(N)=O)c1C(N)=O. The van der Waals surface area contributed by atoms with Crippen LogP contribution in [0.2, 0.25) is 0 Å². The van der Waals surface area contributed by atoms with Crippen molar-refractivity contribution in [3.8, 4) is 0 Å². The van der Waals surface area contributed by atoms with Crippen LogP contribution in [0.25, 0.3) is 0 Å². The van der Waals surface area contributed by atoms with Gasteiger partial charge in [0.15, 0.2) is 0 Å². The van der Waals surface area contributed by atoms with Crippen LogP contribution in [-0.4, -0.2) is 59.0 Å². The molecule has 0 atom stereocenters. The summed E-state index contributed by atoms with van der Waals surface area (Å²) in [7, 11) is 0. The number of carbonyl (C=O) groups is 4. The number of primary amides is 2. The van der Waals surface area contributed by atoms with E-state index in [4.69, 9.17) is 16.2 Å². The van der Waals surface area contributed by atoms with Gasteiger partial charge in [-0.05, 0) is 24.5 Å². The van der Waals surface area contributed by atoms with E-state index in [-0.39, 0.29) is 46.8 Å². The topological polar surface area (TPSA) is 161 Å². The van der Waals surface area contributed by atoms with Crippen LogP contribution >= 0.6 is 11.8 Å². The fourth-order valence-corrected chi connectivity index (χ4v) is 4.43. The first-order valence-corrected chi connectivity index (χ1v) is 11.0. The predicted molar refractivity (Wildman–Crippen MR) is 119 cm³/mol. The van der Waals surface area contributed by atoms with Crippen LogP contribution in [0, 0.1) is 0 Å². The van der Waals surface area contributed by atoms with Gasteiger partial charge in [-0.2, -0.15) is 0 Å². The maximum Gasteiger partial charge on any atom is 0.316 e. The molecule has 0 spiro atoms. The molecule has 170 valence electrons. The van der Waals surface area contributed by atoms with Crippen LogP contribution in [0.1, 0.15) is 38.8 Å². The Kier molecular flexibility index (Phi) is 7.54. The Hall–Kier alpha value is -3.31. The Balaban J connectivity index is 1.75. The Morgan fingerprint density at radius 2 is 1.81 bits per heavy atom. The molecule has 3 amide bonds. The maximum atomic E-state index is 12.7. The number of aromatic nitrogens is 1. The second-order valence-electron chi connectivity index (χ2n) is 7.18. The van der Waals surface area contributed by atoms with Gasteiger partial charge in [-0.1, -0.05) is 36.0 Å². The van der Waals surface area contributed by atoms with Crippen LogP contribution < -0.4 is 16.8 Å². The lowest BCUT2D eigenvalue weighted by atomic mass is 10.00. The fraction of sp³-hybridized carbons (Fsp3) is 0.333. The Labute approximate surface area is 189 Å². The van der Waals surface area contributed by atoms with Crippen LogP contribution in [0.15, 0.2) is 29.3 Å². The molecule has 32 heavy (non-hydrogen) atoms. The van der Waals surface area contributed by atoms with E-state index in [2.05, 4.69) is 16.4 Å². The zero-order valence-electron chi connectivity index (χ0n) is 17.6. The Bertz CT molecular complexity index is 1050. The fourth-order valence-electron chi connectivity index (χ4n) is 3.57. The molecule has 6 N–H and O–H groups in total. The zero-order valence-corrected chi connectivity index (χ0v) is 18.4. The van der Waals surface area contributed by atoms with Gasteiger partial charge in [-0.3, -0.25) is 24.1 Å². The normalized spacial score (nSPS) is 13.3. The molecule has 0 unspecified atom stereocenters. The average Bonchev–Trinajstić information content (AvgIpc) is 3.11. The highest BCUT2D eigenvalue weighted by molar-refractivity contribution is 8.00. The molecule has 0 saturated heterocycles. The number of carbonyl (C=O) groups excluding carboxylic acids is 4.